The van der Waals surface area contributed by atoms with Crippen LogP contribution in [0.15, 0.2) is 18.3 Å². The van der Waals surface area contributed by atoms with Crippen LogP contribution in [0, 0.1) is 0 Å². The number of nitrogens with zero attached hydrogens (tertiary/aromatic N) is 2. The first-order chi connectivity index (χ1) is 8.85. The van der Waals surface area contributed by atoms with Crippen LogP contribution >= 0.6 is 11.6 Å². The third-order valence-corrected chi connectivity index (χ3v) is 2.91. The van der Waals surface area contributed by atoms with E-state index in [4.69, 9.17) is 16.3 Å². The predicted octanol–water partition coefficient (Wildman–Crippen LogP) is 2.31. The zero-order valence-electron chi connectivity index (χ0n) is 11.3. The Kier molecular flexibility index (Phi) is 3.85. The molecule has 0 bridgehead atoms. The Morgan fingerprint density at radius 1 is 1.53 bits per heavy atom. The summed E-state index contributed by atoms with van der Waals surface area (Å²) in [5.74, 6) is 0.421. The number of pyridine rings is 1. The Hall–Kier alpha value is -1.49. The lowest BCUT2D eigenvalue weighted by Crippen LogP contribution is -2.61. The molecule has 1 saturated heterocycles. The topological polar surface area (TPSA) is 54.5 Å². The van der Waals surface area contributed by atoms with Gasteiger partial charge >= 0.3 is 6.03 Å². The van der Waals surface area contributed by atoms with Gasteiger partial charge in [-0.05, 0) is 32.9 Å². The van der Waals surface area contributed by atoms with E-state index in [2.05, 4.69) is 10.3 Å². The van der Waals surface area contributed by atoms with Crippen molar-refractivity contribution in [1.82, 2.24) is 15.2 Å². The zero-order chi connectivity index (χ0) is 14.0. The van der Waals surface area contributed by atoms with Gasteiger partial charge in [0.05, 0.1) is 13.1 Å². The number of halogens is 1. The van der Waals surface area contributed by atoms with Crippen LogP contribution in [0.1, 0.15) is 20.8 Å². The molecule has 1 fully saturated rings. The zero-order valence-corrected chi connectivity index (χ0v) is 12.1. The van der Waals surface area contributed by atoms with E-state index in [-0.39, 0.29) is 17.7 Å². The first-order valence-electron chi connectivity index (χ1n) is 6.19. The number of carbonyl (C=O) groups excluding carboxylic acids is 1. The van der Waals surface area contributed by atoms with E-state index in [0.717, 1.165) is 0 Å². The highest BCUT2D eigenvalue weighted by Crippen LogP contribution is 2.23. The molecule has 0 atom stereocenters. The molecule has 2 heterocycles. The Morgan fingerprint density at radius 2 is 2.21 bits per heavy atom. The van der Waals surface area contributed by atoms with Crippen LogP contribution < -0.4 is 10.1 Å². The Morgan fingerprint density at radius 3 is 2.79 bits per heavy atom. The molecule has 19 heavy (non-hydrogen) atoms. The van der Waals surface area contributed by atoms with Crippen molar-refractivity contribution in [2.24, 2.45) is 0 Å². The number of amides is 2. The third kappa shape index (κ3) is 3.73. The SMILES string of the molecule is CC(C)(C)NC(=O)N1CC(Oc2ncccc2Cl)C1. The normalized spacial score (nSPS) is 15.9. The van der Waals surface area contributed by atoms with Crippen LogP contribution in [0.3, 0.4) is 0 Å². The number of nitrogens with one attached hydrogen (secondary N) is 1. The van der Waals surface area contributed by atoms with Gasteiger partial charge in [0.2, 0.25) is 5.88 Å². The monoisotopic (exact) mass is 283 g/mol. The van der Waals surface area contributed by atoms with Gasteiger partial charge < -0.3 is 15.0 Å². The maximum atomic E-state index is 11.8. The quantitative estimate of drug-likeness (QED) is 0.906. The number of urea groups is 1. The summed E-state index contributed by atoms with van der Waals surface area (Å²) in [7, 11) is 0. The molecule has 2 amide bonds. The molecule has 2 rings (SSSR count). The molecule has 0 aliphatic carbocycles. The standard InChI is InChI=1S/C13H18ClN3O2/c1-13(2,3)16-12(18)17-7-9(8-17)19-11-10(14)5-4-6-15-11/h4-6,9H,7-8H2,1-3H3,(H,16,18). The molecular formula is C13H18ClN3O2. The second kappa shape index (κ2) is 5.25. The fraction of sp³-hybridized carbons (Fsp3) is 0.538. The molecule has 0 radical (unpaired) electrons. The molecule has 1 aliphatic heterocycles. The van der Waals surface area contributed by atoms with Crippen molar-refractivity contribution in [1.29, 1.82) is 0 Å². The van der Waals surface area contributed by atoms with Crippen LogP contribution in [0.4, 0.5) is 4.79 Å². The van der Waals surface area contributed by atoms with Gasteiger partial charge in [0.1, 0.15) is 11.1 Å². The third-order valence-electron chi connectivity index (χ3n) is 2.62. The summed E-state index contributed by atoms with van der Waals surface area (Å²) >= 11 is 5.96. The Bertz CT molecular complexity index is 467. The lowest BCUT2D eigenvalue weighted by atomic mass is 10.1. The van der Waals surface area contributed by atoms with E-state index in [1.807, 2.05) is 20.8 Å². The van der Waals surface area contributed by atoms with Gasteiger partial charge in [0.25, 0.3) is 0 Å². The first-order valence-corrected chi connectivity index (χ1v) is 6.57. The van der Waals surface area contributed by atoms with Gasteiger partial charge in [-0.25, -0.2) is 9.78 Å². The van der Waals surface area contributed by atoms with Gasteiger partial charge in [-0.2, -0.15) is 0 Å². The van der Waals surface area contributed by atoms with Crippen molar-refractivity contribution in [2.45, 2.75) is 32.4 Å². The van der Waals surface area contributed by atoms with Crippen molar-refractivity contribution in [3.63, 3.8) is 0 Å². The van der Waals surface area contributed by atoms with Gasteiger partial charge in [-0.1, -0.05) is 11.6 Å². The van der Waals surface area contributed by atoms with Crippen molar-refractivity contribution in [2.75, 3.05) is 13.1 Å². The van der Waals surface area contributed by atoms with Crippen LogP contribution in [-0.4, -0.2) is 40.6 Å². The second-order valence-electron chi connectivity index (χ2n) is 5.62. The van der Waals surface area contributed by atoms with Crippen LogP contribution in [0.5, 0.6) is 5.88 Å². The molecule has 0 aromatic carbocycles. The fourth-order valence-electron chi connectivity index (χ4n) is 1.69. The fourth-order valence-corrected chi connectivity index (χ4v) is 1.86. The highest BCUT2D eigenvalue weighted by Gasteiger charge is 2.34. The highest BCUT2D eigenvalue weighted by atomic mass is 35.5. The summed E-state index contributed by atoms with van der Waals surface area (Å²) in [5, 5.41) is 3.39. The molecule has 1 aromatic heterocycles. The molecule has 0 unspecified atom stereocenters. The maximum absolute atomic E-state index is 11.8. The summed E-state index contributed by atoms with van der Waals surface area (Å²) in [6, 6.07) is 3.41. The van der Waals surface area contributed by atoms with Crippen molar-refractivity contribution >= 4 is 17.6 Å². The molecule has 1 aliphatic rings. The second-order valence-corrected chi connectivity index (χ2v) is 6.02. The van der Waals surface area contributed by atoms with E-state index in [0.29, 0.717) is 24.0 Å². The van der Waals surface area contributed by atoms with Gasteiger partial charge in [0, 0.05) is 11.7 Å². The van der Waals surface area contributed by atoms with Crippen molar-refractivity contribution < 1.29 is 9.53 Å². The Labute approximate surface area is 117 Å². The number of carbonyl (C=O) groups is 1. The molecule has 5 nitrogen and oxygen atoms in total. The molecule has 0 saturated carbocycles. The van der Waals surface area contributed by atoms with E-state index >= 15 is 0 Å². The van der Waals surface area contributed by atoms with Gasteiger partial charge in [0.15, 0.2) is 0 Å². The molecule has 1 aromatic rings. The smallest absolute Gasteiger partial charge is 0.318 e. The number of hydrogen-bond acceptors (Lipinski definition) is 3. The first kappa shape index (κ1) is 13.9. The molecule has 104 valence electrons. The lowest BCUT2D eigenvalue weighted by molar-refractivity contribution is 0.0394. The van der Waals surface area contributed by atoms with Crippen LogP contribution in [0.25, 0.3) is 0 Å². The van der Waals surface area contributed by atoms with Gasteiger partial charge in [-0.15, -0.1) is 0 Å². The molecule has 1 N–H and O–H groups in total. The highest BCUT2D eigenvalue weighted by molar-refractivity contribution is 6.31. The lowest BCUT2D eigenvalue weighted by Gasteiger charge is -2.40. The molecule has 0 spiro atoms. The average Bonchev–Trinajstić information content (AvgIpc) is 2.22. The average molecular weight is 284 g/mol. The van der Waals surface area contributed by atoms with E-state index < -0.39 is 0 Å². The molecular weight excluding hydrogens is 266 g/mol. The summed E-state index contributed by atoms with van der Waals surface area (Å²) in [4.78, 5) is 17.6. The van der Waals surface area contributed by atoms with Crippen LogP contribution in [0.2, 0.25) is 5.02 Å². The predicted molar refractivity (Wildman–Crippen MR) is 73.5 cm³/mol. The number of likely N-dealkylation sites (tertiary alicyclic amines) is 1. The molecule has 6 heteroatoms. The summed E-state index contributed by atoms with van der Waals surface area (Å²) in [6.45, 7) is 6.95. The number of aromatic nitrogens is 1. The Balaban J connectivity index is 1.81. The van der Waals surface area contributed by atoms with Crippen LogP contribution in [-0.2, 0) is 0 Å². The van der Waals surface area contributed by atoms with E-state index in [9.17, 15) is 4.79 Å². The number of rotatable bonds is 2. The van der Waals surface area contributed by atoms with E-state index in [1.165, 1.54) is 0 Å². The minimum Gasteiger partial charge on any atom is -0.470 e. The van der Waals surface area contributed by atoms with E-state index in [1.54, 1.807) is 23.2 Å². The minimum absolute atomic E-state index is 0.0434. The maximum Gasteiger partial charge on any atom is 0.318 e. The largest absolute Gasteiger partial charge is 0.470 e. The van der Waals surface area contributed by atoms with Gasteiger partial charge in [-0.3, -0.25) is 0 Å². The summed E-state index contributed by atoms with van der Waals surface area (Å²) in [5.41, 5.74) is -0.229. The number of hydrogen-bond donors (Lipinski definition) is 1. The minimum atomic E-state index is -0.229. The summed E-state index contributed by atoms with van der Waals surface area (Å²) < 4.78 is 5.63. The van der Waals surface area contributed by atoms with Crippen molar-refractivity contribution in [3.05, 3.63) is 23.4 Å². The summed E-state index contributed by atoms with van der Waals surface area (Å²) in [6.07, 6.45) is 1.59. The van der Waals surface area contributed by atoms with Crippen molar-refractivity contribution in [3.8, 4) is 5.88 Å². The number of ether oxygens (including phenoxy) is 1.